The zero-order valence-electron chi connectivity index (χ0n) is 16.6. The van der Waals surface area contributed by atoms with Crippen LogP contribution in [0.2, 0.25) is 0 Å². The molecule has 0 aliphatic carbocycles. The lowest BCUT2D eigenvalue weighted by Crippen LogP contribution is -2.34. The molecule has 2 rings (SSSR count). The van der Waals surface area contributed by atoms with E-state index < -0.39 is 10.0 Å². The third-order valence-electron chi connectivity index (χ3n) is 4.12. The maximum absolute atomic E-state index is 11.9. The van der Waals surface area contributed by atoms with Crippen molar-refractivity contribution in [1.29, 1.82) is 0 Å². The van der Waals surface area contributed by atoms with E-state index in [4.69, 9.17) is 4.52 Å². The van der Waals surface area contributed by atoms with Gasteiger partial charge in [0.05, 0.1) is 5.75 Å². The summed E-state index contributed by atoms with van der Waals surface area (Å²) >= 11 is 0. The summed E-state index contributed by atoms with van der Waals surface area (Å²) in [4.78, 5) is 16.3. The van der Waals surface area contributed by atoms with Crippen molar-refractivity contribution < 1.29 is 17.7 Å². The minimum Gasteiger partial charge on any atom is -0.338 e. The highest BCUT2D eigenvalue weighted by atomic mass is 32.2. The Balaban J connectivity index is 1.79. The summed E-state index contributed by atoms with van der Waals surface area (Å²) in [6.07, 6.45) is 0.525. The molecule has 2 amide bonds. The van der Waals surface area contributed by atoms with E-state index in [0.29, 0.717) is 36.9 Å². The second-order valence-electron chi connectivity index (χ2n) is 6.65. The Labute approximate surface area is 165 Å². The van der Waals surface area contributed by atoms with Crippen molar-refractivity contribution in [2.45, 2.75) is 33.1 Å². The van der Waals surface area contributed by atoms with Crippen molar-refractivity contribution in [3.05, 3.63) is 30.1 Å². The van der Waals surface area contributed by atoms with Crippen LogP contribution in [-0.4, -0.2) is 54.8 Å². The standard InChI is InChI=1S/C18H27N5O4S/c1-5-28(25,26)23(4)12-6-11-19-18(24)20-15-9-7-14(8-10-15)17-21-16(13(2)3)22-27-17/h7-10,13H,5-6,11-12H2,1-4H3,(H2,19,20,24). The molecule has 1 heterocycles. The lowest BCUT2D eigenvalue weighted by Gasteiger charge is -2.15. The molecule has 0 radical (unpaired) electrons. The maximum Gasteiger partial charge on any atom is 0.319 e. The van der Waals surface area contributed by atoms with Gasteiger partial charge in [0.2, 0.25) is 10.0 Å². The minimum atomic E-state index is -3.19. The van der Waals surface area contributed by atoms with Crippen LogP contribution in [-0.2, 0) is 10.0 Å². The molecule has 28 heavy (non-hydrogen) atoms. The Kier molecular flexibility index (Phi) is 7.53. The summed E-state index contributed by atoms with van der Waals surface area (Å²) in [6.45, 7) is 6.30. The van der Waals surface area contributed by atoms with Gasteiger partial charge in [0.15, 0.2) is 5.82 Å². The number of anilines is 1. The first kappa shape index (κ1) is 21.8. The monoisotopic (exact) mass is 409 g/mol. The molecule has 2 N–H and O–H groups in total. The lowest BCUT2D eigenvalue weighted by molar-refractivity contribution is 0.251. The van der Waals surface area contributed by atoms with Crippen molar-refractivity contribution in [1.82, 2.24) is 19.8 Å². The Morgan fingerprint density at radius 1 is 1.25 bits per heavy atom. The second kappa shape index (κ2) is 9.65. The highest BCUT2D eigenvalue weighted by Crippen LogP contribution is 2.21. The predicted octanol–water partition coefficient (Wildman–Crippen LogP) is 2.65. The molecule has 0 saturated carbocycles. The molecule has 9 nitrogen and oxygen atoms in total. The number of nitrogens with one attached hydrogen (secondary N) is 2. The van der Waals surface area contributed by atoms with Gasteiger partial charge in [-0.05, 0) is 37.6 Å². The lowest BCUT2D eigenvalue weighted by atomic mass is 10.2. The topological polar surface area (TPSA) is 117 Å². The number of amides is 2. The number of hydrogen-bond donors (Lipinski definition) is 2. The minimum absolute atomic E-state index is 0.0653. The molecule has 0 fully saturated rings. The van der Waals surface area contributed by atoms with Crippen molar-refractivity contribution in [3.8, 4) is 11.5 Å². The van der Waals surface area contributed by atoms with E-state index in [0.717, 1.165) is 5.56 Å². The van der Waals surface area contributed by atoms with Crippen molar-refractivity contribution >= 4 is 21.7 Å². The third kappa shape index (κ3) is 6.03. The average molecular weight is 410 g/mol. The number of aromatic nitrogens is 2. The molecule has 0 saturated heterocycles. The number of rotatable bonds is 9. The van der Waals surface area contributed by atoms with Crippen LogP contribution in [0.15, 0.2) is 28.8 Å². The van der Waals surface area contributed by atoms with E-state index in [9.17, 15) is 13.2 Å². The van der Waals surface area contributed by atoms with Crippen LogP contribution >= 0.6 is 0 Å². The van der Waals surface area contributed by atoms with Crippen LogP contribution in [0.1, 0.15) is 38.9 Å². The average Bonchev–Trinajstić information content (AvgIpc) is 3.16. The third-order valence-corrected chi connectivity index (χ3v) is 5.98. The Bertz CT molecular complexity index is 878. The van der Waals surface area contributed by atoms with Gasteiger partial charge in [-0.2, -0.15) is 4.98 Å². The Hall–Kier alpha value is -2.46. The number of carbonyl (C=O) groups excluding carboxylic acids is 1. The predicted molar refractivity (Wildman–Crippen MR) is 108 cm³/mol. The van der Waals surface area contributed by atoms with E-state index in [1.54, 1.807) is 31.2 Å². The van der Waals surface area contributed by atoms with Gasteiger partial charge >= 0.3 is 6.03 Å². The van der Waals surface area contributed by atoms with Crippen molar-refractivity contribution in [2.24, 2.45) is 0 Å². The zero-order valence-corrected chi connectivity index (χ0v) is 17.4. The SMILES string of the molecule is CCS(=O)(=O)N(C)CCCNC(=O)Nc1ccc(-c2nc(C(C)C)no2)cc1. The number of urea groups is 1. The Morgan fingerprint density at radius 3 is 2.50 bits per heavy atom. The summed E-state index contributed by atoms with van der Waals surface area (Å²) in [6, 6.07) is 6.72. The molecule has 1 aromatic carbocycles. The molecule has 0 spiro atoms. The first-order chi connectivity index (χ1) is 13.2. The van der Waals surface area contributed by atoms with E-state index >= 15 is 0 Å². The fourth-order valence-corrected chi connectivity index (χ4v) is 3.17. The van der Waals surface area contributed by atoms with Crippen LogP contribution in [0, 0.1) is 0 Å². The van der Waals surface area contributed by atoms with E-state index in [1.165, 1.54) is 11.4 Å². The fraction of sp³-hybridized carbons (Fsp3) is 0.500. The summed E-state index contributed by atoms with van der Waals surface area (Å²) in [5.41, 5.74) is 1.39. The first-order valence-electron chi connectivity index (χ1n) is 9.16. The number of benzene rings is 1. The smallest absolute Gasteiger partial charge is 0.319 e. The van der Waals surface area contributed by atoms with E-state index in [2.05, 4.69) is 20.8 Å². The molecule has 0 unspecified atom stereocenters. The normalized spacial score (nSPS) is 11.8. The molecule has 0 atom stereocenters. The number of nitrogens with zero attached hydrogens (tertiary/aromatic N) is 3. The van der Waals surface area contributed by atoms with Crippen LogP contribution in [0.3, 0.4) is 0 Å². The molecular weight excluding hydrogens is 382 g/mol. The molecule has 0 aliphatic heterocycles. The van der Waals surface area contributed by atoms with E-state index in [1.807, 2.05) is 13.8 Å². The van der Waals surface area contributed by atoms with E-state index in [-0.39, 0.29) is 17.7 Å². The quantitative estimate of drug-likeness (QED) is 0.615. The number of sulfonamides is 1. The highest BCUT2D eigenvalue weighted by Gasteiger charge is 2.14. The van der Waals surface area contributed by atoms with Gasteiger partial charge in [-0.1, -0.05) is 19.0 Å². The van der Waals surface area contributed by atoms with Crippen LogP contribution < -0.4 is 10.6 Å². The van der Waals surface area contributed by atoms with Gasteiger partial charge in [-0.3, -0.25) is 0 Å². The zero-order chi connectivity index (χ0) is 20.7. The molecule has 0 aliphatic rings. The summed E-state index contributed by atoms with van der Waals surface area (Å²) in [7, 11) is -1.65. The summed E-state index contributed by atoms with van der Waals surface area (Å²) < 4.78 is 29.8. The van der Waals surface area contributed by atoms with Gasteiger partial charge in [0.25, 0.3) is 5.89 Å². The maximum atomic E-state index is 11.9. The molecule has 0 bridgehead atoms. The fourth-order valence-electron chi connectivity index (χ4n) is 2.32. The van der Waals surface area contributed by atoms with Gasteiger partial charge in [0.1, 0.15) is 0 Å². The van der Waals surface area contributed by atoms with Crippen molar-refractivity contribution in [3.63, 3.8) is 0 Å². The van der Waals surface area contributed by atoms with Crippen LogP contribution in [0.5, 0.6) is 0 Å². The van der Waals surface area contributed by atoms with Gasteiger partial charge in [-0.15, -0.1) is 0 Å². The van der Waals surface area contributed by atoms with Gasteiger partial charge in [-0.25, -0.2) is 17.5 Å². The molecule has 2 aromatic rings. The Morgan fingerprint density at radius 2 is 1.93 bits per heavy atom. The molecule has 1 aromatic heterocycles. The second-order valence-corrected chi connectivity index (χ2v) is 9.01. The summed E-state index contributed by atoms with van der Waals surface area (Å²) in [5, 5.41) is 9.36. The highest BCUT2D eigenvalue weighted by molar-refractivity contribution is 7.89. The first-order valence-corrected chi connectivity index (χ1v) is 10.8. The van der Waals surface area contributed by atoms with Crippen LogP contribution in [0.4, 0.5) is 10.5 Å². The number of hydrogen-bond acceptors (Lipinski definition) is 6. The van der Waals surface area contributed by atoms with Gasteiger partial charge in [0, 0.05) is 37.3 Å². The van der Waals surface area contributed by atoms with Gasteiger partial charge < -0.3 is 15.2 Å². The molecule has 154 valence electrons. The largest absolute Gasteiger partial charge is 0.338 e. The van der Waals surface area contributed by atoms with Crippen LogP contribution in [0.25, 0.3) is 11.5 Å². The number of carbonyl (C=O) groups is 1. The molecule has 10 heteroatoms. The molecular formula is C18H27N5O4S. The van der Waals surface area contributed by atoms with Crippen molar-refractivity contribution in [2.75, 3.05) is 31.2 Å². The summed E-state index contributed by atoms with van der Waals surface area (Å²) in [5.74, 6) is 1.33.